The third-order valence-corrected chi connectivity index (χ3v) is 2.58. The monoisotopic (exact) mass is 140 g/mol. The number of nitrogens with one attached hydrogen (secondary N) is 1. The molecule has 1 N–H and O–H groups in total. The average molecular weight is 140 g/mol. The zero-order valence-corrected chi connectivity index (χ0v) is 5.92. The molecule has 1 amide bonds. The molecule has 3 nitrogen and oxygen atoms in total. The molecule has 1 saturated carbocycles. The maximum Gasteiger partial charge on any atom is 0.210 e. The standard InChI is InChI=1S/C7H12N2O/c10-5-9-4-3-8-6-1-2-7(6)9/h5-8H,1-4H2. The molecule has 1 aliphatic carbocycles. The summed E-state index contributed by atoms with van der Waals surface area (Å²) in [7, 11) is 0. The Morgan fingerprint density at radius 3 is 2.90 bits per heavy atom. The Kier molecular flexibility index (Phi) is 1.38. The van der Waals surface area contributed by atoms with E-state index >= 15 is 0 Å². The summed E-state index contributed by atoms with van der Waals surface area (Å²) in [5.41, 5.74) is 0. The predicted octanol–water partition coefficient (Wildman–Crippen LogP) is -0.421. The number of piperazine rings is 1. The summed E-state index contributed by atoms with van der Waals surface area (Å²) in [4.78, 5) is 12.4. The molecule has 0 spiro atoms. The first-order valence-corrected chi connectivity index (χ1v) is 3.86. The summed E-state index contributed by atoms with van der Waals surface area (Å²) in [6.45, 7) is 1.87. The van der Waals surface area contributed by atoms with E-state index in [1.54, 1.807) is 0 Å². The van der Waals surface area contributed by atoms with Gasteiger partial charge in [-0.1, -0.05) is 0 Å². The molecule has 0 aromatic carbocycles. The summed E-state index contributed by atoms with van der Waals surface area (Å²) >= 11 is 0. The van der Waals surface area contributed by atoms with Crippen LogP contribution in [0.1, 0.15) is 12.8 Å². The number of carbonyl (C=O) groups is 1. The van der Waals surface area contributed by atoms with E-state index in [0.29, 0.717) is 12.1 Å². The second-order valence-electron chi connectivity index (χ2n) is 3.05. The molecular weight excluding hydrogens is 128 g/mol. The highest BCUT2D eigenvalue weighted by molar-refractivity contribution is 5.48. The summed E-state index contributed by atoms with van der Waals surface area (Å²) in [5, 5.41) is 3.38. The average Bonchev–Trinajstić information content (AvgIpc) is 1.91. The number of fused-ring (bicyclic) bond motifs is 1. The van der Waals surface area contributed by atoms with Gasteiger partial charge in [0.25, 0.3) is 0 Å². The predicted molar refractivity (Wildman–Crippen MR) is 37.6 cm³/mol. The highest BCUT2D eigenvalue weighted by Crippen LogP contribution is 2.26. The number of amides is 1. The molecule has 0 radical (unpaired) electrons. The fourth-order valence-electron chi connectivity index (χ4n) is 1.79. The van der Waals surface area contributed by atoms with E-state index in [2.05, 4.69) is 5.32 Å². The highest BCUT2D eigenvalue weighted by Gasteiger charge is 2.37. The first-order valence-electron chi connectivity index (χ1n) is 3.86. The minimum atomic E-state index is 0.520. The van der Waals surface area contributed by atoms with E-state index in [1.807, 2.05) is 4.90 Å². The maximum absolute atomic E-state index is 10.4. The summed E-state index contributed by atoms with van der Waals surface area (Å²) in [5.74, 6) is 0. The first-order chi connectivity index (χ1) is 4.92. The van der Waals surface area contributed by atoms with Crippen molar-refractivity contribution in [2.75, 3.05) is 13.1 Å². The lowest BCUT2D eigenvalue weighted by atomic mass is 9.84. The van der Waals surface area contributed by atoms with Gasteiger partial charge in [-0.25, -0.2) is 0 Å². The minimum Gasteiger partial charge on any atom is -0.339 e. The summed E-state index contributed by atoms with van der Waals surface area (Å²) in [6, 6.07) is 1.13. The van der Waals surface area contributed by atoms with Gasteiger partial charge in [0.2, 0.25) is 6.41 Å². The van der Waals surface area contributed by atoms with Crippen LogP contribution in [-0.4, -0.2) is 36.5 Å². The molecule has 0 bridgehead atoms. The number of rotatable bonds is 1. The molecule has 2 fully saturated rings. The van der Waals surface area contributed by atoms with Crippen LogP contribution in [0.15, 0.2) is 0 Å². The van der Waals surface area contributed by atoms with Crippen molar-refractivity contribution in [2.45, 2.75) is 24.9 Å². The number of hydrogen-bond donors (Lipinski definition) is 1. The van der Waals surface area contributed by atoms with Crippen molar-refractivity contribution in [1.29, 1.82) is 0 Å². The van der Waals surface area contributed by atoms with E-state index in [9.17, 15) is 4.79 Å². The number of nitrogens with zero attached hydrogens (tertiary/aromatic N) is 1. The van der Waals surface area contributed by atoms with E-state index < -0.39 is 0 Å². The van der Waals surface area contributed by atoms with Gasteiger partial charge in [0.1, 0.15) is 0 Å². The molecule has 0 aromatic heterocycles. The fourth-order valence-corrected chi connectivity index (χ4v) is 1.79. The van der Waals surface area contributed by atoms with Crippen LogP contribution in [0.25, 0.3) is 0 Å². The largest absolute Gasteiger partial charge is 0.339 e. The van der Waals surface area contributed by atoms with Gasteiger partial charge in [0.15, 0.2) is 0 Å². The lowest BCUT2D eigenvalue weighted by molar-refractivity contribution is -0.124. The number of hydrogen-bond acceptors (Lipinski definition) is 2. The normalized spacial score (nSPS) is 38.2. The first kappa shape index (κ1) is 6.16. The van der Waals surface area contributed by atoms with Crippen molar-refractivity contribution in [2.24, 2.45) is 0 Å². The molecule has 10 heavy (non-hydrogen) atoms. The molecule has 3 heteroatoms. The van der Waals surface area contributed by atoms with Gasteiger partial charge in [-0.2, -0.15) is 0 Å². The van der Waals surface area contributed by atoms with Crippen LogP contribution in [-0.2, 0) is 4.79 Å². The van der Waals surface area contributed by atoms with Crippen molar-refractivity contribution in [1.82, 2.24) is 10.2 Å². The Hall–Kier alpha value is -0.570. The second kappa shape index (κ2) is 2.23. The Morgan fingerprint density at radius 1 is 1.50 bits per heavy atom. The van der Waals surface area contributed by atoms with Gasteiger partial charge in [0, 0.05) is 25.2 Å². The third kappa shape index (κ3) is 0.736. The van der Waals surface area contributed by atoms with Crippen molar-refractivity contribution >= 4 is 6.41 Å². The molecule has 2 rings (SSSR count). The van der Waals surface area contributed by atoms with Gasteiger partial charge in [-0.05, 0) is 12.8 Å². The quantitative estimate of drug-likeness (QED) is 0.502. The lowest BCUT2D eigenvalue weighted by Gasteiger charge is -2.47. The highest BCUT2D eigenvalue weighted by atomic mass is 16.1. The van der Waals surface area contributed by atoms with E-state index in [0.717, 1.165) is 19.5 Å². The fraction of sp³-hybridized carbons (Fsp3) is 0.857. The van der Waals surface area contributed by atoms with Gasteiger partial charge in [-0.15, -0.1) is 0 Å². The van der Waals surface area contributed by atoms with Gasteiger partial charge < -0.3 is 10.2 Å². The van der Waals surface area contributed by atoms with Crippen LogP contribution in [0, 0.1) is 0 Å². The van der Waals surface area contributed by atoms with Crippen molar-refractivity contribution in [3.63, 3.8) is 0 Å². The number of carbonyl (C=O) groups excluding carboxylic acids is 1. The van der Waals surface area contributed by atoms with Crippen LogP contribution < -0.4 is 5.32 Å². The Bertz CT molecular complexity index is 149. The summed E-state index contributed by atoms with van der Waals surface area (Å²) < 4.78 is 0. The van der Waals surface area contributed by atoms with Crippen LogP contribution >= 0.6 is 0 Å². The van der Waals surface area contributed by atoms with E-state index in [1.165, 1.54) is 12.8 Å². The zero-order valence-electron chi connectivity index (χ0n) is 5.92. The van der Waals surface area contributed by atoms with Gasteiger partial charge >= 0.3 is 0 Å². The third-order valence-electron chi connectivity index (χ3n) is 2.58. The SMILES string of the molecule is O=CN1CCNC2CCC21. The Labute approximate surface area is 60.4 Å². The van der Waals surface area contributed by atoms with Crippen LogP contribution in [0.5, 0.6) is 0 Å². The van der Waals surface area contributed by atoms with E-state index in [-0.39, 0.29) is 0 Å². The lowest BCUT2D eigenvalue weighted by Crippen LogP contribution is -2.62. The molecule has 1 saturated heterocycles. The smallest absolute Gasteiger partial charge is 0.210 e. The van der Waals surface area contributed by atoms with E-state index in [4.69, 9.17) is 0 Å². The molecule has 2 aliphatic rings. The van der Waals surface area contributed by atoms with Crippen LogP contribution in [0.2, 0.25) is 0 Å². The van der Waals surface area contributed by atoms with Gasteiger partial charge in [-0.3, -0.25) is 4.79 Å². The van der Waals surface area contributed by atoms with Gasteiger partial charge in [0.05, 0.1) is 0 Å². The topological polar surface area (TPSA) is 32.3 Å². The molecule has 1 aliphatic heterocycles. The molecule has 0 aromatic rings. The summed E-state index contributed by atoms with van der Waals surface area (Å²) in [6.07, 6.45) is 3.42. The maximum atomic E-state index is 10.4. The minimum absolute atomic E-state index is 0.520. The Balaban J connectivity index is 2.00. The molecule has 2 atom stereocenters. The van der Waals surface area contributed by atoms with Crippen molar-refractivity contribution in [3.8, 4) is 0 Å². The molecule has 2 unspecified atom stereocenters. The van der Waals surface area contributed by atoms with Crippen molar-refractivity contribution in [3.05, 3.63) is 0 Å². The van der Waals surface area contributed by atoms with Crippen LogP contribution in [0.3, 0.4) is 0 Å². The Morgan fingerprint density at radius 2 is 2.40 bits per heavy atom. The molecule has 56 valence electrons. The second-order valence-corrected chi connectivity index (χ2v) is 3.05. The van der Waals surface area contributed by atoms with Crippen LogP contribution in [0.4, 0.5) is 0 Å². The molecule has 1 heterocycles. The molecular formula is C7H12N2O. The zero-order chi connectivity index (χ0) is 6.97. The van der Waals surface area contributed by atoms with Crippen molar-refractivity contribution < 1.29 is 4.79 Å².